The van der Waals surface area contributed by atoms with E-state index in [1.165, 1.54) is 22.0 Å². The Labute approximate surface area is 120 Å². The van der Waals surface area contributed by atoms with Gasteiger partial charge in [0.2, 0.25) is 0 Å². The zero-order valence-corrected chi connectivity index (χ0v) is 11.9. The van der Waals surface area contributed by atoms with Gasteiger partial charge in [-0.3, -0.25) is 0 Å². The van der Waals surface area contributed by atoms with Gasteiger partial charge in [-0.25, -0.2) is 4.57 Å². The van der Waals surface area contributed by atoms with Crippen LogP contribution in [0.2, 0.25) is 0 Å². The van der Waals surface area contributed by atoms with Crippen LogP contribution in [0.15, 0.2) is 66.9 Å². The van der Waals surface area contributed by atoms with E-state index in [4.69, 9.17) is 0 Å². The van der Waals surface area contributed by atoms with Crippen molar-refractivity contribution in [3.8, 4) is 0 Å². The first-order chi connectivity index (χ1) is 9.88. The summed E-state index contributed by atoms with van der Waals surface area (Å²) in [7, 11) is 0. The lowest BCUT2D eigenvalue weighted by Gasteiger charge is -2.07. The molecule has 1 heteroatoms. The predicted molar refractivity (Wildman–Crippen MR) is 83.7 cm³/mol. The van der Waals surface area contributed by atoms with E-state index in [-0.39, 0.29) is 0 Å². The highest BCUT2D eigenvalue weighted by molar-refractivity contribution is 5.83. The highest BCUT2D eigenvalue weighted by Crippen LogP contribution is 2.18. The summed E-state index contributed by atoms with van der Waals surface area (Å²) in [6.07, 6.45) is 4.37. The summed E-state index contributed by atoms with van der Waals surface area (Å²) in [5.41, 5.74) is 2.78. The van der Waals surface area contributed by atoms with Gasteiger partial charge >= 0.3 is 0 Å². The van der Waals surface area contributed by atoms with Gasteiger partial charge < -0.3 is 0 Å². The van der Waals surface area contributed by atoms with Crippen LogP contribution in [0.1, 0.15) is 24.6 Å². The Hall–Kier alpha value is -2.15. The van der Waals surface area contributed by atoms with Gasteiger partial charge in [-0.1, -0.05) is 55.5 Å². The number of aryl methyl sites for hydroxylation is 1. The molecule has 0 fully saturated rings. The number of aromatic nitrogens is 1. The molecule has 100 valence electrons. The smallest absolute Gasteiger partial charge is 0.193 e. The van der Waals surface area contributed by atoms with E-state index in [1.807, 2.05) is 0 Å². The van der Waals surface area contributed by atoms with Crippen molar-refractivity contribution < 1.29 is 4.57 Å². The molecule has 0 unspecified atom stereocenters. The summed E-state index contributed by atoms with van der Waals surface area (Å²) in [5, 5.41) is 2.69. The zero-order valence-electron chi connectivity index (χ0n) is 11.9. The maximum Gasteiger partial charge on any atom is 0.193 e. The van der Waals surface area contributed by atoms with Crippen molar-refractivity contribution in [3.63, 3.8) is 0 Å². The van der Waals surface area contributed by atoms with Crippen LogP contribution in [-0.2, 0) is 13.0 Å². The van der Waals surface area contributed by atoms with Gasteiger partial charge in [-0.2, -0.15) is 0 Å². The average molecular weight is 262 g/mol. The van der Waals surface area contributed by atoms with Crippen LogP contribution >= 0.6 is 0 Å². The third-order valence-corrected chi connectivity index (χ3v) is 3.73. The summed E-state index contributed by atoms with van der Waals surface area (Å²) in [6.45, 7) is 3.31. The van der Waals surface area contributed by atoms with E-state index in [0.29, 0.717) is 0 Å². The fraction of sp³-hybridized carbons (Fsp3) is 0.211. The zero-order chi connectivity index (χ0) is 13.8. The molecule has 0 aliphatic rings. The molecule has 1 heterocycles. The minimum Gasteiger partial charge on any atom is -0.202 e. The van der Waals surface area contributed by atoms with Gasteiger partial charge in [-0.15, -0.1) is 0 Å². The maximum absolute atomic E-state index is 2.40. The van der Waals surface area contributed by atoms with Gasteiger partial charge in [0, 0.05) is 17.9 Å². The largest absolute Gasteiger partial charge is 0.202 e. The standard InChI is InChI=1S/C19H20N/c1-2-13-20-14-12-17-10-6-7-11-18(17)19(20)15-16-8-4-3-5-9-16/h3-12,14H,2,13,15H2,1H3/q+1. The highest BCUT2D eigenvalue weighted by Gasteiger charge is 2.14. The van der Waals surface area contributed by atoms with Crippen LogP contribution in [0.25, 0.3) is 10.8 Å². The lowest BCUT2D eigenvalue weighted by atomic mass is 10.0. The molecule has 0 N–H and O–H groups in total. The van der Waals surface area contributed by atoms with Crippen LogP contribution in [-0.4, -0.2) is 0 Å². The minimum atomic E-state index is 0.988. The molecule has 3 aromatic rings. The number of rotatable bonds is 4. The Bertz CT molecular complexity index is 701. The summed E-state index contributed by atoms with van der Waals surface area (Å²) < 4.78 is 2.40. The van der Waals surface area contributed by atoms with E-state index in [2.05, 4.69) is 78.4 Å². The third-order valence-electron chi connectivity index (χ3n) is 3.73. The number of hydrogen-bond donors (Lipinski definition) is 0. The molecule has 0 amide bonds. The van der Waals surface area contributed by atoms with Crippen LogP contribution in [0.5, 0.6) is 0 Å². The second-order valence-corrected chi connectivity index (χ2v) is 5.21. The summed E-state index contributed by atoms with van der Waals surface area (Å²) in [4.78, 5) is 0. The minimum absolute atomic E-state index is 0.988. The molecule has 1 nitrogen and oxygen atoms in total. The molecule has 0 saturated heterocycles. The van der Waals surface area contributed by atoms with Crippen molar-refractivity contribution in [1.29, 1.82) is 0 Å². The van der Waals surface area contributed by atoms with E-state index in [9.17, 15) is 0 Å². The molecular formula is C19H20N+. The first-order valence-corrected chi connectivity index (χ1v) is 7.32. The van der Waals surface area contributed by atoms with E-state index < -0.39 is 0 Å². The predicted octanol–water partition coefficient (Wildman–Crippen LogP) is 4.13. The molecule has 1 aromatic heterocycles. The molecule has 0 saturated carbocycles. The summed E-state index contributed by atoms with van der Waals surface area (Å²) >= 11 is 0. The van der Waals surface area contributed by atoms with Crippen molar-refractivity contribution in [2.45, 2.75) is 26.3 Å². The Morgan fingerprint density at radius 3 is 2.40 bits per heavy atom. The lowest BCUT2D eigenvalue weighted by Crippen LogP contribution is -2.38. The van der Waals surface area contributed by atoms with E-state index in [0.717, 1.165) is 19.4 Å². The third kappa shape index (κ3) is 2.57. The Morgan fingerprint density at radius 2 is 1.60 bits per heavy atom. The van der Waals surface area contributed by atoms with Gasteiger partial charge in [0.25, 0.3) is 0 Å². The second-order valence-electron chi connectivity index (χ2n) is 5.21. The first-order valence-electron chi connectivity index (χ1n) is 7.32. The SMILES string of the molecule is CCC[n+]1ccc2ccccc2c1Cc1ccccc1. The molecule has 0 spiro atoms. The van der Waals surface area contributed by atoms with Crippen molar-refractivity contribution in [1.82, 2.24) is 0 Å². The van der Waals surface area contributed by atoms with Crippen LogP contribution in [0.3, 0.4) is 0 Å². The van der Waals surface area contributed by atoms with Gasteiger partial charge in [0.05, 0.1) is 6.42 Å². The van der Waals surface area contributed by atoms with Gasteiger partial charge in [-0.05, 0) is 17.0 Å². The number of nitrogens with zero attached hydrogens (tertiary/aromatic N) is 1. The molecule has 2 aromatic carbocycles. The molecule has 3 rings (SSSR count). The number of fused-ring (bicyclic) bond motifs is 1. The molecule has 20 heavy (non-hydrogen) atoms. The number of pyridine rings is 1. The van der Waals surface area contributed by atoms with Crippen LogP contribution in [0.4, 0.5) is 0 Å². The van der Waals surface area contributed by atoms with Crippen molar-refractivity contribution in [3.05, 3.63) is 78.1 Å². The molecule has 0 aliphatic carbocycles. The fourth-order valence-electron chi connectivity index (χ4n) is 2.76. The van der Waals surface area contributed by atoms with Crippen LogP contribution < -0.4 is 4.57 Å². The molecule has 0 radical (unpaired) electrons. The van der Waals surface area contributed by atoms with Gasteiger partial charge in [0.1, 0.15) is 6.54 Å². The van der Waals surface area contributed by atoms with Gasteiger partial charge in [0.15, 0.2) is 11.9 Å². The second kappa shape index (κ2) is 5.87. The number of benzene rings is 2. The monoisotopic (exact) mass is 262 g/mol. The Balaban J connectivity index is 2.12. The maximum atomic E-state index is 2.40. The first kappa shape index (κ1) is 12.9. The normalized spacial score (nSPS) is 10.8. The van der Waals surface area contributed by atoms with Crippen LogP contribution in [0, 0.1) is 0 Å². The van der Waals surface area contributed by atoms with Crippen molar-refractivity contribution >= 4 is 10.8 Å². The fourth-order valence-corrected chi connectivity index (χ4v) is 2.76. The van der Waals surface area contributed by atoms with Crippen molar-refractivity contribution in [2.24, 2.45) is 0 Å². The highest BCUT2D eigenvalue weighted by atomic mass is 15.0. The quantitative estimate of drug-likeness (QED) is 0.622. The Kier molecular flexibility index (Phi) is 3.78. The molecule has 0 aliphatic heterocycles. The van der Waals surface area contributed by atoms with E-state index >= 15 is 0 Å². The van der Waals surface area contributed by atoms with E-state index in [1.54, 1.807) is 0 Å². The molecular weight excluding hydrogens is 242 g/mol. The molecule has 0 bridgehead atoms. The topological polar surface area (TPSA) is 3.88 Å². The summed E-state index contributed by atoms with van der Waals surface area (Å²) in [5.74, 6) is 0. The molecule has 0 atom stereocenters. The lowest BCUT2D eigenvalue weighted by molar-refractivity contribution is -0.702. The average Bonchev–Trinajstić information content (AvgIpc) is 2.51. The Morgan fingerprint density at radius 1 is 0.850 bits per heavy atom. The van der Waals surface area contributed by atoms with Crippen molar-refractivity contribution in [2.75, 3.05) is 0 Å². The summed E-state index contributed by atoms with van der Waals surface area (Å²) in [6, 6.07) is 21.6. The number of hydrogen-bond acceptors (Lipinski definition) is 0.